The molecule has 17 heavy (non-hydrogen) atoms. The van der Waals surface area contributed by atoms with Gasteiger partial charge in [0.1, 0.15) is 0 Å². The molecule has 0 saturated carbocycles. The Morgan fingerprint density at radius 1 is 1.24 bits per heavy atom. The van der Waals surface area contributed by atoms with Crippen LogP contribution in [0.15, 0.2) is 41.4 Å². The van der Waals surface area contributed by atoms with Crippen LogP contribution in [0.2, 0.25) is 0 Å². The number of benzene rings is 1. The van der Waals surface area contributed by atoms with Crippen molar-refractivity contribution in [2.24, 2.45) is 0 Å². The standard InChI is InChI=1S/C14H17NOS/c1-4-15-13(16-2)10-12(14(15)17-3)11-8-6-5-7-9-11/h5-10H,4H2,1-3H3. The number of rotatable bonds is 4. The third-order valence-electron chi connectivity index (χ3n) is 2.81. The lowest BCUT2D eigenvalue weighted by Crippen LogP contribution is -1.99. The van der Waals surface area contributed by atoms with Gasteiger partial charge in [-0.05, 0) is 18.7 Å². The predicted molar refractivity (Wildman–Crippen MR) is 73.9 cm³/mol. The van der Waals surface area contributed by atoms with Crippen LogP contribution in [0.5, 0.6) is 5.88 Å². The van der Waals surface area contributed by atoms with Crippen molar-refractivity contribution in [1.82, 2.24) is 4.57 Å². The number of ether oxygens (including phenoxy) is 1. The van der Waals surface area contributed by atoms with E-state index in [0.717, 1.165) is 12.4 Å². The number of thioether (sulfide) groups is 1. The van der Waals surface area contributed by atoms with Crippen molar-refractivity contribution in [2.45, 2.75) is 18.5 Å². The highest BCUT2D eigenvalue weighted by molar-refractivity contribution is 7.98. The van der Waals surface area contributed by atoms with Crippen molar-refractivity contribution in [3.05, 3.63) is 36.4 Å². The van der Waals surface area contributed by atoms with Gasteiger partial charge in [-0.1, -0.05) is 30.3 Å². The highest BCUT2D eigenvalue weighted by Gasteiger charge is 2.14. The first-order chi connectivity index (χ1) is 8.31. The van der Waals surface area contributed by atoms with Crippen LogP contribution in [-0.2, 0) is 6.54 Å². The molecule has 0 N–H and O–H groups in total. The number of hydrogen-bond donors (Lipinski definition) is 0. The molecule has 3 heteroatoms. The number of hydrogen-bond acceptors (Lipinski definition) is 2. The zero-order valence-electron chi connectivity index (χ0n) is 10.4. The van der Waals surface area contributed by atoms with Crippen LogP contribution in [0, 0.1) is 0 Å². The molecule has 1 aromatic heterocycles. The lowest BCUT2D eigenvalue weighted by atomic mass is 10.1. The van der Waals surface area contributed by atoms with Crippen molar-refractivity contribution >= 4 is 11.8 Å². The summed E-state index contributed by atoms with van der Waals surface area (Å²) < 4.78 is 7.63. The fraction of sp³-hybridized carbons (Fsp3) is 0.286. The van der Waals surface area contributed by atoms with Gasteiger partial charge in [0.15, 0.2) is 5.88 Å². The Morgan fingerprint density at radius 2 is 1.94 bits per heavy atom. The SMILES string of the molecule is CCn1c(OC)cc(-c2ccccc2)c1SC. The van der Waals surface area contributed by atoms with E-state index >= 15 is 0 Å². The molecular weight excluding hydrogens is 230 g/mol. The van der Waals surface area contributed by atoms with E-state index in [0.29, 0.717) is 0 Å². The second-order valence-electron chi connectivity index (χ2n) is 3.72. The molecule has 2 aromatic rings. The van der Waals surface area contributed by atoms with E-state index in [1.54, 1.807) is 18.9 Å². The van der Waals surface area contributed by atoms with Crippen LogP contribution in [-0.4, -0.2) is 17.9 Å². The van der Waals surface area contributed by atoms with Crippen LogP contribution in [0.25, 0.3) is 11.1 Å². The van der Waals surface area contributed by atoms with Crippen LogP contribution < -0.4 is 4.74 Å². The van der Waals surface area contributed by atoms with E-state index in [2.05, 4.69) is 48.1 Å². The molecule has 1 heterocycles. The Morgan fingerprint density at radius 3 is 2.47 bits per heavy atom. The van der Waals surface area contributed by atoms with Crippen molar-refractivity contribution in [3.63, 3.8) is 0 Å². The van der Waals surface area contributed by atoms with Gasteiger partial charge in [-0.15, -0.1) is 11.8 Å². The first kappa shape index (κ1) is 12.1. The fourth-order valence-electron chi connectivity index (χ4n) is 2.02. The largest absolute Gasteiger partial charge is 0.482 e. The first-order valence-electron chi connectivity index (χ1n) is 5.68. The number of nitrogens with zero attached hydrogens (tertiary/aromatic N) is 1. The third kappa shape index (κ3) is 2.20. The lowest BCUT2D eigenvalue weighted by molar-refractivity contribution is 0.369. The fourth-order valence-corrected chi connectivity index (χ4v) is 2.86. The lowest BCUT2D eigenvalue weighted by Gasteiger charge is -2.08. The maximum absolute atomic E-state index is 5.43. The Kier molecular flexibility index (Phi) is 3.79. The van der Waals surface area contributed by atoms with Crippen molar-refractivity contribution in [2.75, 3.05) is 13.4 Å². The summed E-state index contributed by atoms with van der Waals surface area (Å²) in [5, 5.41) is 1.26. The van der Waals surface area contributed by atoms with E-state index < -0.39 is 0 Å². The summed E-state index contributed by atoms with van der Waals surface area (Å²) in [5.74, 6) is 0.927. The van der Waals surface area contributed by atoms with Crippen LogP contribution in [0.4, 0.5) is 0 Å². The van der Waals surface area contributed by atoms with E-state index in [1.165, 1.54) is 16.2 Å². The minimum absolute atomic E-state index is 0.923. The molecule has 0 aliphatic rings. The molecule has 0 aliphatic heterocycles. The molecule has 0 atom stereocenters. The van der Waals surface area contributed by atoms with Crippen molar-refractivity contribution in [1.29, 1.82) is 0 Å². The summed E-state index contributed by atoms with van der Waals surface area (Å²) in [6.07, 6.45) is 2.10. The van der Waals surface area contributed by atoms with Crippen LogP contribution in [0.1, 0.15) is 6.92 Å². The second-order valence-corrected chi connectivity index (χ2v) is 4.51. The molecule has 0 bridgehead atoms. The second kappa shape index (κ2) is 5.32. The Bertz CT molecular complexity index is 490. The summed E-state index contributed by atoms with van der Waals surface area (Å²) in [4.78, 5) is 0. The molecule has 90 valence electrons. The molecule has 0 saturated heterocycles. The molecule has 0 fully saturated rings. The average Bonchev–Trinajstić information content (AvgIpc) is 2.77. The molecule has 0 amide bonds. The van der Waals surface area contributed by atoms with Gasteiger partial charge in [0.2, 0.25) is 0 Å². The van der Waals surface area contributed by atoms with Crippen LogP contribution >= 0.6 is 11.8 Å². The molecule has 0 spiro atoms. The average molecular weight is 247 g/mol. The van der Waals surface area contributed by atoms with Gasteiger partial charge in [0.25, 0.3) is 0 Å². The van der Waals surface area contributed by atoms with Gasteiger partial charge in [-0.3, -0.25) is 0 Å². The number of aromatic nitrogens is 1. The zero-order chi connectivity index (χ0) is 12.3. The summed E-state index contributed by atoms with van der Waals surface area (Å²) in [5.41, 5.74) is 2.49. The van der Waals surface area contributed by atoms with E-state index in [-0.39, 0.29) is 0 Å². The number of methoxy groups -OCH3 is 1. The first-order valence-corrected chi connectivity index (χ1v) is 6.91. The molecule has 0 aliphatic carbocycles. The predicted octanol–water partition coefficient (Wildman–Crippen LogP) is 3.91. The third-order valence-corrected chi connectivity index (χ3v) is 3.64. The topological polar surface area (TPSA) is 14.2 Å². The van der Waals surface area contributed by atoms with Crippen molar-refractivity contribution < 1.29 is 4.74 Å². The van der Waals surface area contributed by atoms with Gasteiger partial charge in [0.05, 0.1) is 12.1 Å². The minimum atomic E-state index is 0.923. The Balaban J connectivity index is 2.58. The maximum atomic E-state index is 5.43. The smallest absolute Gasteiger partial charge is 0.194 e. The highest BCUT2D eigenvalue weighted by atomic mass is 32.2. The summed E-state index contributed by atoms with van der Waals surface area (Å²) in [7, 11) is 1.72. The Hall–Kier alpha value is -1.35. The normalized spacial score (nSPS) is 10.5. The quantitative estimate of drug-likeness (QED) is 0.761. The molecule has 0 unspecified atom stereocenters. The van der Waals surface area contributed by atoms with Gasteiger partial charge in [-0.2, -0.15) is 0 Å². The molecule has 2 rings (SSSR count). The molecule has 0 radical (unpaired) electrons. The van der Waals surface area contributed by atoms with Gasteiger partial charge < -0.3 is 9.30 Å². The molecular formula is C14H17NOS. The zero-order valence-corrected chi connectivity index (χ0v) is 11.3. The van der Waals surface area contributed by atoms with Crippen LogP contribution in [0.3, 0.4) is 0 Å². The molecule has 2 nitrogen and oxygen atoms in total. The van der Waals surface area contributed by atoms with E-state index in [1.807, 2.05) is 6.07 Å². The minimum Gasteiger partial charge on any atom is -0.482 e. The Labute approximate surface area is 107 Å². The van der Waals surface area contributed by atoms with Gasteiger partial charge in [-0.25, -0.2) is 0 Å². The monoisotopic (exact) mass is 247 g/mol. The maximum Gasteiger partial charge on any atom is 0.194 e. The molecule has 1 aromatic carbocycles. The van der Waals surface area contributed by atoms with Gasteiger partial charge >= 0.3 is 0 Å². The van der Waals surface area contributed by atoms with Crippen molar-refractivity contribution in [3.8, 4) is 17.0 Å². The summed E-state index contributed by atoms with van der Waals surface area (Å²) >= 11 is 1.76. The highest BCUT2D eigenvalue weighted by Crippen LogP contribution is 2.36. The van der Waals surface area contributed by atoms with E-state index in [4.69, 9.17) is 4.74 Å². The van der Waals surface area contributed by atoms with Gasteiger partial charge in [0, 0.05) is 18.2 Å². The van der Waals surface area contributed by atoms with E-state index in [9.17, 15) is 0 Å². The summed E-state index contributed by atoms with van der Waals surface area (Å²) in [6.45, 7) is 3.06. The summed E-state index contributed by atoms with van der Waals surface area (Å²) in [6, 6.07) is 12.5.